The van der Waals surface area contributed by atoms with Crippen molar-refractivity contribution in [2.24, 2.45) is 0 Å². The normalized spacial score (nSPS) is 11.2. The minimum atomic E-state index is -0.273. The summed E-state index contributed by atoms with van der Waals surface area (Å²) in [7, 11) is 0. The first-order valence-corrected chi connectivity index (χ1v) is 10.7. The Kier molecular flexibility index (Phi) is 6.80. The van der Waals surface area contributed by atoms with Gasteiger partial charge in [0.2, 0.25) is 0 Å². The van der Waals surface area contributed by atoms with Crippen molar-refractivity contribution in [1.82, 2.24) is 0 Å². The molecule has 0 aliphatic carbocycles. The molecule has 4 nitrogen and oxygen atoms in total. The molecule has 0 radical (unpaired) electrons. The van der Waals surface area contributed by atoms with E-state index < -0.39 is 0 Å². The number of ketones is 2. The lowest BCUT2D eigenvalue weighted by atomic mass is 10.00. The number of phenols is 2. The second kappa shape index (κ2) is 10.3. The molecule has 4 aromatic rings. The van der Waals surface area contributed by atoms with E-state index in [4.69, 9.17) is 0 Å². The van der Waals surface area contributed by atoms with Crippen molar-refractivity contribution in [3.63, 3.8) is 0 Å². The van der Waals surface area contributed by atoms with E-state index in [0.29, 0.717) is 0 Å². The number of carbonyl (C=O) groups is 2. The topological polar surface area (TPSA) is 74.6 Å². The summed E-state index contributed by atoms with van der Waals surface area (Å²) in [5, 5.41) is 19.7. The van der Waals surface area contributed by atoms with E-state index in [0.717, 1.165) is 22.3 Å². The van der Waals surface area contributed by atoms with Gasteiger partial charge >= 0.3 is 0 Å². The number of aromatic hydroxyl groups is 2. The number of para-hydroxylation sites is 2. The molecule has 0 aromatic heterocycles. The molecule has 4 aromatic carbocycles. The molecule has 0 saturated carbocycles. The number of carbonyl (C=O) groups excluding carboxylic acids is 2. The Morgan fingerprint density at radius 1 is 0.529 bits per heavy atom. The van der Waals surface area contributed by atoms with Gasteiger partial charge in [-0.2, -0.15) is 0 Å². The van der Waals surface area contributed by atoms with Crippen molar-refractivity contribution in [2.75, 3.05) is 0 Å². The third-order valence-electron chi connectivity index (χ3n) is 5.30. The summed E-state index contributed by atoms with van der Waals surface area (Å²) in [6, 6.07) is 28.4. The third kappa shape index (κ3) is 5.37. The molecule has 166 valence electrons. The fraction of sp³-hybridized carbons (Fsp3) is 0. The van der Waals surface area contributed by atoms with Gasteiger partial charge in [-0.3, -0.25) is 9.59 Å². The van der Waals surface area contributed by atoms with Crippen molar-refractivity contribution in [3.05, 3.63) is 131 Å². The Balaban J connectivity index is 1.52. The second-order valence-corrected chi connectivity index (χ2v) is 7.68. The smallest absolute Gasteiger partial charge is 0.189 e. The minimum Gasteiger partial charge on any atom is -0.507 e. The molecule has 0 atom stereocenters. The van der Waals surface area contributed by atoms with E-state index in [1.54, 1.807) is 48.6 Å². The van der Waals surface area contributed by atoms with Crippen LogP contribution < -0.4 is 0 Å². The molecule has 0 spiro atoms. The van der Waals surface area contributed by atoms with Gasteiger partial charge in [-0.05, 0) is 70.8 Å². The molecule has 0 amide bonds. The summed E-state index contributed by atoms with van der Waals surface area (Å²) in [6.45, 7) is 0. The first kappa shape index (κ1) is 22.5. The van der Waals surface area contributed by atoms with Gasteiger partial charge in [0.1, 0.15) is 11.5 Å². The van der Waals surface area contributed by atoms with Crippen LogP contribution in [0.15, 0.2) is 109 Å². The van der Waals surface area contributed by atoms with E-state index in [2.05, 4.69) is 0 Å². The lowest BCUT2D eigenvalue weighted by Crippen LogP contribution is -1.94. The van der Waals surface area contributed by atoms with Crippen molar-refractivity contribution in [2.45, 2.75) is 0 Å². The summed E-state index contributed by atoms with van der Waals surface area (Å²) in [5.74, 6) is -0.636. The Morgan fingerprint density at radius 3 is 1.35 bits per heavy atom. The number of hydrogen-bond donors (Lipinski definition) is 2. The molecule has 4 heteroatoms. The van der Waals surface area contributed by atoms with Crippen LogP contribution in [0.3, 0.4) is 0 Å². The van der Waals surface area contributed by atoms with E-state index in [9.17, 15) is 19.8 Å². The molecular formula is C30H22O4. The van der Waals surface area contributed by atoms with Crippen LogP contribution in [0.25, 0.3) is 23.3 Å². The maximum Gasteiger partial charge on any atom is 0.189 e. The van der Waals surface area contributed by atoms with E-state index in [1.807, 2.05) is 48.5 Å². The molecular weight excluding hydrogens is 424 g/mol. The van der Waals surface area contributed by atoms with Gasteiger partial charge in [0, 0.05) is 0 Å². The van der Waals surface area contributed by atoms with Crippen LogP contribution in [0, 0.1) is 0 Å². The van der Waals surface area contributed by atoms with Crippen molar-refractivity contribution >= 4 is 23.7 Å². The lowest BCUT2D eigenvalue weighted by Gasteiger charge is -2.05. The molecule has 0 fully saturated rings. The largest absolute Gasteiger partial charge is 0.507 e. The summed E-state index contributed by atoms with van der Waals surface area (Å²) < 4.78 is 0. The highest BCUT2D eigenvalue weighted by atomic mass is 16.3. The molecule has 2 N–H and O–H groups in total. The van der Waals surface area contributed by atoms with Crippen molar-refractivity contribution < 1.29 is 19.8 Å². The molecule has 0 aliphatic heterocycles. The van der Waals surface area contributed by atoms with Crippen molar-refractivity contribution in [1.29, 1.82) is 0 Å². The monoisotopic (exact) mass is 446 g/mol. The minimum absolute atomic E-state index is 0.0447. The van der Waals surface area contributed by atoms with Gasteiger partial charge in [0.25, 0.3) is 0 Å². The van der Waals surface area contributed by atoms with Gasteiger partial charge in [-0.15, -0.1) is 0 Å². The number of rotatable bonds is 7. The van der Waals surface area contributed by atoms with Crippen molar-refractivity contribution in [3.8, 4) is 22.6 Å². The van der Waals surface area contributed by atoms with E-state index in [-0.39, 0.29) is 34.2 Å². The highest BCUT2D eigenvalue weighted by Crippen LogP contribution is 2.24. The molecule has 0 bridgehead atoms. The fourth-order valence-corrected chi connectivity index (χ4v) is 3.53. The van der Waals surface area contributed by atoms with Crippen LogP contribution in [-0.4, -0.2) is 21.8 Å². The van der Waals surface area contributed by atoms with E-state index in [1.165, 1.54) is 24.3 Å². The van der Waals surface area contributed by atoms with Crippen LogP contribution in [-0.2, 0) is 0 Å². The van der Waals surface area contributed by atoms with Crippen LogP contribution in [0.4, 0.5) is 0 Å². The lowest BCUT2D eigenvalue weighted by molar-refractivity contribution is 0.103. The number of hydrogen-bond acceptors (Lipinski definition) is 4. The standard InChI is InChI=1S/C30H22O4/c31-27-13-3-1-11-25(27)29(33)17-15-21-7-5-9-23(19-21)24-10-6-8-22(20-24)16-18-30(34)26-12-2-4-14-28(26)32/h1-20,31-32H. The zero-order chi connectivity index (χ0) is 23.9. The van der Waals surface area contributed by atoms with Crippen LogP contribution in [0.1, 0.15) is 31.8 Å². The van der Waals surface area contributed by atoms with E-state index >= 15 is 0 Å². The summed E-state index contributed by atoms with van der Waals surface area (Å²) in [4.78, 5) is 24.8. The molecule has 34 heavy (non-hydrogen) atoms. The highest BCUT2D eigenvalue weighted by Gasteiger charge is 2.08. The first-order valence-electron chi connectivity index (χ1n) is 10.7. The second-order valence-electron chi connectivity index (χ2n) is 7.68. The number of phenolic OH excluding ortho intramolecular Hbond substituents is 2. The quantitative estimate of drug-likeness (QED) is 0.249. The maximum absolute atomic E-state index is 12.4. The fourth-order valence-electron chi connectivity index (χ4n) is 3.53. The average molecular weight is 447 g/mol. The summed E-state index contributed by atoms with van der Waals surface area (Å²) >= 11 is 0. The zero-order valence-corrected chi connectivity index (χ0v) is 18.3. The molecule has 0 unspecified atom stereocenters. The third-order valence-corrected chi connectivity index (χ3v) is 5.30. The first-order chi connectivity index (χ1) is 16.5. The average Bonchev–Trinajstić information content (AvgIpc) is 2.87. The molecule has 4 rings (SSSR count). The van der Waals surface area contributed by atoms with Crippen LogP contribution in [0.5, 0.6) is 11.5 Å². The van der Waals surface area contributed by atoms with Gasteiger partial charge in [-0.1, -0.05) is 72.8 Å². The van der Waals surface area contributed by atoms with Gasteiger partial charge in [0.05, 0.1) is 11.1 Å². The predicted molar refractivity (Wildman–Crippen MR) is 135 cm³/mol. The molecule has 0 saturated heterocycles. The van der Waals surface area contributed by atoms with Gasteiger partial charge in [-0.25, -0.2) is 0 Å². The number of allylic oxidation sites excluding steroid dienone is 2. The molecule has 0 heterocycles. The Morgan fingerprint density at radius 2 is 0.941 bits per heavy atom. The zero-order valence-electron chi connectivity index (χ0n) is 18.3. The Labute approximate surface area is 197 Å². The van der Waals surface area contributed by atoms with Crippen LogP contribution >= 0.6 is 0 Å². The summed E-state index contributed by atoms with van der Waals surface area (Å²) in [6.07, 6.45) is 6.32. The summed E-state index contributed by atoms with van der Waals surface area (Å²) in [5.41, 5.74) is 4.12. The van der Waals surface area contributed by atoms with Gasteiger partial charge < -0.3 is 10.2 Å². The highest BCUT2D eigenvalue weighted by molar-refractivity contribution is 6.09. The number of benzene rings is 4. The van der Waals surface area contributed by atoms with Crippen LogP contribution in [0.2, 0.25) is 0 Å². The maximum atomic E-state index is 12.4. The van der Waals surface area contributed by atoms with Gasteiger partial charge in [0.15, 0.2) is 11.6 Å². The Bertz CT molecular complexity index is 1300. The predicted octanol–water partition coefficient (Wildman–Crippen LogP) is 6.56. The Hall–Kier alpha value is -4.70. The SMILES string of the molecule is O=C(C=Cc1cccc(-c2cccc(C=CC(=O)c3ccccc3O)c2)c1)c1ccccc1O. The molecule has 0 aliphatic rings.